The number of carboxylic acid groups (broad SMARTS) is 1. The molecule has 9 nitrogen and oxygen atoms in total. The van der Waals surface area contributed by atoms with E-state index in [4.69, 9.17) is 14.6 Å². The average Bonchev–Trinajstić information content (AvgIpc) is 2.99. The predicted octanol–water partition coefficient (Wildman–Crippen LogP) is 5.08. The summed E-state index contributed by atoms with van der Waals surface area (Å²) in [5.41, 5.74) is -5.19. The van der Waals surface area contributed by atoms with E-state index < -0.39 is 65.9 Å². The standard InChI is InChI=1S/C30H29F9N4O5.Na.H/c1-3-43(27(46)47-4-2)24-8-7-20(28(31,32)33)12-19(24)17-42(26-40-14-23(15-41-26)48-9-5-6-25(44)45)16-18-10-21(29(34,35)36)13-22(11-18)30(37,38)39;;/h7-8,10-15H,3-6,9,16-17H2,1-2H3,(H,44,45);;/q;+1;-1. The number of carbonyl (C=O) groups is 2. The molecule has 1 N–H and O–H groups in total. The van der Waals surface area contributed by atoms with Crippen LogP contribution in [-0.4, -0.2) is 46.9 Å². The monoisotopic (exact) mass is 720 g/mol. The van der Waals surface area contributed by atoms with Gasteiger partial charge in [0.2, 0.25) is 5.95 Å². The molecule has 0 aliphatic heterocycles. The van der Waals surface area contributed by atoms with Crippen molar-refractivity contribution < 1.29 is 94.7 Å². The van der Waals surface area contributed by atoms with Gasteiger partial charge in [-0.15, -0.1) is 0 Å². The minimum atomic E-state index is -5.17. The van der Waals surface area contributed by atoms with Crippen LogP contribution in [0.5, 0.6) is 5.75 Å². The Hall–Kier alpha value is -3.77. The first-order chi connectivity index (χ1) is 22.3. The molecule has 0 unspecified atom stereocenters. The summed E-state index contributed by atoms with van der Waals surface area (Å²) < 4.78 is 134. The molecular formula is C30H30F9N4NaO5. The van der Waals surface area contributed by atoms with Crippen molar-refractivity contribution >= 4 is 23.7 Å². The summed E-state index contributed by atoms with van der Waals surface area (Å²) in [4.78, 5) is 33.6. The molecular weight excluding hydrogens is 690 g/mol. The van der Waals surface area contributed by atoms with Crippen molar-refractivity contribution in [3.8, 4) is 5.75 Å². The Morgan fingerprint density at radius 1 is 0.837 bits per heavy atom. The molecule has 1 heterocycles. The molecule has 0 fully saturated rings. The van der Waals surface area contributed by atoms with Crippen LogP contribution < -0.4 is 44.1 Å². The first kappa shape index (κ1) is 41.4. The van der Waals surface area contributed by atoms with Crippen molar-refractivity contribution in [2.75, 3.05) is 29.6 Å². The Balaban J connectivity index is 0.00000625. The molecule has 0 spiro atoms. The van der Waals surface area contributed by atoms with E-state index in [-0.39, 0.29) is 92.6 Å². The fourth-order valence-corrected chi connectivity index (χ4v) is 4.45. The van der Waals surface area contributed by atoms with Gasteiger partial charge in [-0.2, -0.15) is 39.5 Å². The van der Waals surface area contributed by atoms with Crippen LogP contribution in [0.2, 0.25) is 0 Å². The van der Waals surface area contributed by atoms with Crippen molar-refractivity contribution in [1.82, 2.24) is 9.97 Å². The summed E-state index contributed by atoms with van der Waals surface area (Å²) in [6.45, 7) is 1.41. The summed E-state index contributed by atoms with van der Waals surface area (Å²) in [6, 6.07) is 3.26. The number of halogens is 9. The second-order valence-corrected chi connectivity index (χ2v) is 10.1. The zero-order valence-corrected chi connectivity index (χ0v) is 28.3. The maximum Gasteiger partial charge on any atom is 1.00 e. The van der Waals surface area contributed by atoms with Crippen LogP contribution >= 0.6 is 0 Å². The van der Waals surface area contributed by atoms with Crippen LogP contribution in [0.15, 0.2) is 48.8 Å². The Morgan fingerprint density at radius 3 is 1.90 bits per heavy atom. The molecule has 3 aromatic rings. The smallest absolute Gasteiger partial charge is 1.00 e. The van der Waals surface area contributed by atoms with Crippen LogP contribution in [0.4, 0.5) is 55.9 Å². The van der Waals surface area contributed by atoms with Crippen LogP contribution in [0.3, 0.4) is 0 Å². The number of alkyl halides is 9. The van der Waals surface area contributed by atoms with Gasteiger partial charge in [-0.05, 0) is 67.8 Å². The number of aromatic nitrogens is 2. The Labute approximate surface area is 297 Å². The van der Waals surface area contributed by atoms with Gasteiger partial charge in [-0.25, -0.2) is 14.8 Å². The molecule has 0 atom stereocenters. The molecule has 0 aliphatic rings. The Morgan fingerprint density at radius 2 is 1.41 bits per heavy atom. The molecule has 0 radical (unpaired) electrons. The largest absolute Gasteiger partial charge is 1.00 e. The van der Waals surface area contributed by atoms with Crippen LogP contribution in [0.1, 0.15) is 55.9 Å². The fraction of sp³-hybridized carbons (Fsp3) is 0.400. The number of benzene rings is 2. The van der Waals surface area contributed by atoms with E-state index in [0.29, 0.717) is 24.3 Å². The third-order valence-corrected chi connectivity index (χ3v) is 6.59. The molecule has 0 saturated carbocycles. The van der Waals surface area contributed by atoms with Crippen LogP contribution in [0, 0.1) is 0 Å². The van der Waals surface area contributed by atoms with Gasteiger partial charge in [-0.1, -0.05) is 0 Å². The van der Waals surface area contributed by atoms with E-state index >= 15 is 0 Å². The van der Waals surface area contributed by atoms with E-state index in [0.717, 1.165) is 28.3 Å². The SMILES string of the molecule is CCOC(=O)N(CC)c1ccc(C(F)(F)F)cc1CN(Cc1cc(C(F)(F)F)cc(C(F)(F)F)c1)c1ncc(OCCCC(=O)O)cn1.[H-].[Na+]. The van der Waals surface area contributed by atoms with Crippen molar-refractivity contribution in [3.05, 3.63) is 76.6 Å². The number of carbonyl (C=O) groups excluding carboxylic acids is 1. The van der Waals surface area contributed by atoms with Gasteiger partial charge in [0.05, 0.1) is 48.0 Å². The summed E-state index contributed by atoms with van der Waals surface area (Å²) in [5, 5.41) is 8.76. The first-order valence-corrected chi connectivity index (χ1v) is 14.2. The van der Waals surface area contributed by atoms with Crippen molar-refractivity contribution in [2.45, 2.75) is 58.3 Å². The number of carboxylic acids is 1. The summed E-state index contributed by atoms with van der Waals surface area (Å²) in [5.74, 6) is -1.37. The summed E-state index contributed by atoms with van der Waals surface area (Å²) in [6.07, 6.45) is -14.0. The topological polar surface area (TPSA) is 105 Å². The zero-order chi connectivity index (χ0) is 35.9. The predicted molar refractivity (Wildman–Crippen MR) is 153 cm³/mol. The number of hydrogen-bond acceptors (Lipinski definition) is 7. The normalized spacial score (nSPS) is 11.8. The van der Waals surface area contributed by atoms with Crippen molar-refractivity contribution in [3.63, 3.8) is 0 Å². The number of rotatable bonds is 13. The quantitative estimate of drug-likeness (QED) is 0.148. The molecule has 0 aliphatic carbocycles. The Kier molecular flexibility index (Phi) is 14.6. The van der Waals surface area contributed by atoms with Crippen LogP contribution in [-0.2, 0) is 41.1 Å². The van der Waals surface area contributed by atoms with E-state index in [1.807, 2.05) is 0 Å². The van der Waals surface area contributed by atoms with E-state index in [2.05, 4.69) is 9.97 Å². The fourth-order valence-electron chi connectivity index (χ4n) is 4.45. The van der Waals surface area contributed by atoms with Gasteiger partial charge < -0.3 is 20.9 Å². The number of hydrogen-bond donors (Lipinski definition) is 1. The van der Waals surface area contributed by atoms with Gasteiger partial charge in [-0.3, -0.25) is 9.69 Å². The molecule has 0 saturated heterocycles. The molecule has 2 aromatic carbocycles. The molecule has 264 valence electrons. The van der Waals surface area contributed by atoms with Gasteiger partial charge in [0.15, 0.2) is 5.75 Å². The number of anilines is 2. The average molecular weight is 721 g/mol. The number of aliphatic carboxylic acids is 1. The third kappa shape index (κ3) is 12.0. The summed E-state index contributed by atoms with van der Waals surface area (Å²) in [7, 11) is 0. The van der Waals surface area contributed by atoms with E-state index in [1.165, 1.54) is 13.8 Å². The molecule has 1 amide bonds. The van der Waals surface area contributed by atoms with Gasteiger partial charge in [0.25, 0.3) is 0 Å². The molecule has 1 aromatic heterocycles. The second kappa shape index (κ2) is 17.2. The molecule has 19 heteroatoms. The summed E-state index contributed by atoms with van der Waals surface area (Å²) >= 11 is 0. The number of amides is 1. The first-order valence-electron chi connectivity index (χ1n) is 14.2. The van der Waals surface area contributed by atoms with Crippen LogP contribution in [0.25, 0.3) is 0 Å². The van der Waals surface area contributed by atoms with Crippen molar-refractivity contribution in [1.29, 1.82) is 0 Å². The maximum atomic E-state index is 13.8. The maximum absolute atomic E-state index is 13.8. The number of nitrogens with zero attached hydrogens (tertiary/aromatic N) is 4. The van der Waals surface area contributed by atoms with E-state index in [1.54, 1.807) is 0 Å². The van der Waals surface area contributed by atoms with E-state index in [9.17, 15) is 49.1 Å². The minimum Gasteiger partial charge on any atom is -1.00 e. The number of ether oxygens (including phenoxy) is 2. The van der Waals surface area contributed by atoms with Gasteiger partial charge >= 0.3 is 60.1 Å². The molecule has 0 bridgehead atoms. The van der Waals surface area contributed by atoms with Gasteiger partial charge in [0, 0.05) is 26.1 Å². The molecule has 49 heavy (non-hydrogen) atoms. The minimum absolute atomic E-state index is 0. The molecule has 3 rings (SSSR count). The zero-order valence-electron chi connectivity index (χ0n) is 27.3. The third-order valence-electron chi connectivity index (χ3n) is 6.59. The Bertz CT molecular complexity index is 1540. The van der Waals surface area contributed by atoms with Gasteiger partial charge in [0.1, 0.15) is 0 Å². The van der Waals surface area contributed by atoms with Crippen molar-refractivity contribution in [2.24, 2.45) is 0 Å². The second-order valence-electron chi connectivity index (χ2n) is 10.1.